The minimum Gasteiger partial charge on any atom is -0.310 e. The van der Waals surface area contributed by atoms with Crippen LogP contribution in [-0.4, -0.2) is 0 Å². The first-order valence-corrected chi connectivity index (χ1v) is 26.8. The number of para-hydroxylation sites is 2. The van der Waals surface area contributed by atoms with Crippen LogP contribution in [0, 0.1) is 11.8 Å². The molecule has 3 atom stereocenters. The van der Waals surface area contributed by atoms with Crippen LogP contribution in [0.1, 0.15) is 79.3 Å². The molecule has 1 fully saturated rings. The van der Waals surface area contributed by atoms with Crippen LogP contribution in [-0.2, 0) is 23.7 Å². The van der Waals surface area contributed by atoms with E-state index in [0.29, 0.717) is 11.8 Å². The molecular formula is C71H60N2. The summed E-state index contributed by atoms with van der Waals surface area (Å²) < 4.78 is 0. The molecule has 10 aromatic rings. The summed E-state index contributed by atoms with van der Waals surface area (Å²) in [7, 11) is 0. The predicted octanol–water partition coefficient (Wildman–Crippen LogP) is 19.0. The molecule has 0 heterocycles. The first kappa shape index (κ1) is 43.8. The number of fused-ring (bicyclic) bond motifs is 6. The second kappa shape index (κ2) is 17.4. The van der Waals surface area contributed by atoms with Gasteiger partial charge in [0.05, 0.1) is 17.1 Å². The van der Waals surface area contributed by atoms with E-state index in [4.69, 9.17) is 0 Å². The van der Waals surface area contributed by atoms with E-state index in [2.05, 4.69) is 254 Å². The van der Waals surface area contributed by atoms with Gasteiger partial charge in [-0.2, -0.15) is 0 Å². The fourth-order valence-electron chi connectivity index (χ4n) is 14.5. The highest BCUT2D eigenvalue weighted by Gasteiger charge is 2.59. The molecule has 2 heteroatoms. The normalized spacial score (nSPS) is 18.9. The molecule has 0 amide bonds. The number of nitrogens with zero attached hydrogens (tertiary/aromatic N) is 2. The quantitative estimate of drug-likeness (QED) is 0.150. The van der Waals surface area contributed by atoms with Crippen LogP contribution in [0.5, 0.6) is 0 Å². The minimum atomic E-state index is -0.223. The molecule has 2 nitrogen and oxygen atoms in total. The second-order valence-electron chi connectivity index (χ2n) is 21.8. The van der Waals surface area contributed by atoms with Crippen molar-refractivity contribution in [2.24, 2.45) is 11.8 Å². The molecule has 0 saturated heterocycles. The molecule has 0 aliphatic heterocycles. The Morgan fingerprint density at radius 1 is 0.356 bits per heavy atom. The lowest BCUT2D eigenvalue weighted by Crippen LogP contribution is -2.40. The lowest BCUT2D eigenvalue weighted by molar-refractivity contribution is 0.205. The molecule has 0 N–H and O–H groups in total. The summed E-state index contributed by atoms with van der Waals surface area (Å²) in [6.45, 7) is 4.82. The van der Waals surface area contributed by atoms with Crippen LogP contribution in [0.15, 0.2) is 231 Å². The van der Waals surface area contributed by atoms with Crippen molar-refractivity contribution in [3.63, 3.8) is 0 Å². The topological polar surface area (TPSA) is 6.48 Å². The Hall–Kier alpha value is -7.94. The maximum atomic E-state index is 2.66. The number of anilines is 6. The first-order valence-electron chi connectivity index (χ1n) is 26.8. The van der Waals surface area contributed by atoms with Crippen molar-refractivity contribution in [2.75, 3.05) is 9.80 Å². The van der Waals surface area contributed by atoms with Crippen LogP contribution in [0.25, 0.3) is 44.2 Å². The molecule has 3 unspecified atom stereocenters. The highest BCUT2D eigenvalue weighted by Crippen LogP contribution is 2.67. The molecule has 4 aliphatic carbocycles. The summed E-state index contributed by atoms with van der Waals surface area (Å²) >= 11 is 0. The van der Waals surface area contributed by atoms with Gasteiger partial charge in [-0.05, 0) is 170 Å². The van der Waals surface area contributed by atoms with Gasteiger partial charge in [0.25, 0.3) is 0 Å². The van der Waals surface area contributed by atoms with Gasteiger partial charge in [0, 0.05) is 33.5 Å². The minimum absolute atomic E-state index is 0.122. The van der Waals surface area contributed by atoms with Gasteiger partial charge in [0.1, 0.15) is 0 Å². The van der Waals surface area contributed by atoms with Crippen LogP contribution in [0.3, 0.4) is 0 Å². The van der Waals surface area contributed by atoms with Gasteiger partial charge >= 0.3 is 0 Å². The maximum absolute atomic E-state index is 2.66. The van der Waals surface area contributed by atoms with E-state index in [1.54, 1.807) is 11.1 Å². The molecule has 73 heavy (non-hydrogen) atoms. The van der Waals surface area contributed by atoms with Crippen LogP contribution < -0.4 is 9.80 Å². The van der Waals surface area contributed by atoms with Crippen molar-refractivity contribution >= 4 is 44.9 Å². The predicted molar refractivity (Wildman–Crippen MR) is 306 cm³/mol. The molecule has 14 rings (SSSR count). The average molecular weight is 941 g/mol. The maximum Gasteiger partial charge on any atom is 0.0546 e. The van der Waals surface area contributed by atoms with E-state index < -0.39 is 0 Å². The summed E-state index contributed by atoms with van der Waals surface area (Å²) in [5, 5.41) is 2.48. The van der Waals surface area contributed by atoms with E-state index >= 15 is 0 Å². The van der Waals surface area contributed by atoms with Gasteiger partial charge in [-0.3, -0.25) is 0 Å². The van der Waals surface area contributed by atoms with Crippen molar-refractivity contribution < 1.29 is 0 Å². The smallest absolute Gasteiger partial charge is 0.0546 e. The number of hydrogen-bond acceptors (Lipinski definition) is 2. The van der Waals surface area contributed by atoms with Crippen molar-refractivity contribution in [3.8, 4) is 33.4 Å². The molecule has 10 aromatic carbocycles. The third-order valence-electron chi connectivity index (χ3n) is 17.7. The van der Waals surface area contributed by atoms with Crippen LogP contribution in [0.4, 0.5) is 34.1 Å². The van der Waals surface area contributed by atoms with Gasteiger partial charge in [-0.15, -0.1) is 0 Å². The van der Waals surface area contributed by atoms with Gasteiger partial charge in [0.2, 0.25) is 0 Å². The largest absolute Gasteiger partial charge is 0.310 e. The van der Waals surface area contributed by atoms with Gasteiger partial charge < -0.3 is 9.80 Å². The molecule has 354 valence electrons. The molecule has 4 aliphatic rings. The summed E-state index contributed by atoms with van der Waals surface area (Å²) in [5.74, 6) is 0.920. The monoisotopic (exact) mass is 940 g/mol. The summed E-state index contributed by atoms with van der Waals surface area (Å²) in [6.07, 6.45) is 8.43. The Kier molecular flexibility index (Phi) is 10.4. The molecular weight excluding hydrogens is 881 g/mol. The van der Waals surface area contributed by atoms with Gasteiger partial charge in [-0.1, -0.05) is 203 Å². The van der Waals surface area contributed by atoms with E-state index in [9.17, 15) is 0 Å². The Morgan fingerprint density at radius 2 is 0.877 bits per heavy atom. The molecule has 0 aromatic heterocycles. The van der Waals surface area contributed by atoms with E-state index in [1.165, 1.54) is 133 Å². The third-order valence-corrected chi connectivity index (χ3v) is 17.7. The molecule has 0 bridgehead atoms. The zero-order valence-electron chi connectivity index (χ0n) is 41.9. The zero-order valence-corrected chi connectivity index (χ0v) is 41.9. The lowest BCUT2D eigenvalue weighted by Gasteiger charge is -2.45. The Labute approximate surface area is 431 Å². The Bertz CT molecular complexity index is 3700. The Morgan fingerprint density at radius 3 is 1.53 bits per heavy atom. The summed E-state index contributed by atoms with van der Waals surface area (Å²) in [6, 6.07) is 87.4. The van der Waals surface area contributed by atoms with Crippen molar-refractivity contribution in [2.45, 2.75) is 69.6 Å². The van der Waals surface area contributed by atoms with Crippen LogP contribution in [0.2, 0.25) is 0 Å². The standard InChI is InChI=1S/C71H60N2/c1-70(2)63-34-18-17-33-60(63)61-42-41-59(47-64(61)70)72(57-29-11-5-12-30-57)65-35-19-25-53-43-55-27-9-4-10-28-56-44-54-26-20-36-66(69(54)71(55,56)68(53)65)73(58-31-13-6-14-32-58)67-46-52-24-16-15-23-51(52)45-62(67)50-39-37-49(38-40-50)48-21-7-3-8-22-48/h3,5-8,11-26,29-42,45-47,55-56H,4,9-10,27-28,43-44H2,1-2H3. The molecule has 1 spiro atoms. The highest BCUT2D eigenvalue weighted by atomic mass is 15.2. The van der Waals surface area contributed by atoms with Crippen molar-refractivity contribution in [3.05, 3.63) is 264 Å². The summed E-state index contributed by atoms with van der Waals surface area (Å²) in [4.78, 5) is 5.30. The van der Waals surface area contributed by atoms with E-state index in [-0.39, 0.29) is 10.8 Å². The van der Waals surface area contributed by atoms with Crippen molar-refractivity contribution in [1.29, 1.82) is 0 Å². The average Bonchev–Trinajstić information content (AvgIpc) is 4.06. The van der Waals surface area contributed by atoms with Crippen molar-refractivity contribution in [1.82, 2.24) is 0 Å². The fraction of sp³-hybridized carbons (Fsp3) is 0.183. The summed E-state index contributed by atoms with van der Waals surface area (Å²) in [5.41, 5.74) is 23.6. The SMILES string of the molecule is CC1(C)c2ccccc2-c2ccc(N(c3ccccc3)c3cccc4c3C35c6c(cccc6N(c6ccccc6)c6cc7ccccc7cc6-c6ccc(-c7ccccc7)cc6)CC3CCCCCC5C4)cc21. The number of benzene rings is 10. The molecule has 0 radical (unpaired) electrons. The number of hydrogen-bond donors (Lipinski definition) is 0. The zero-order chi connectivity index (χ0) is 48.7. The lowest BCUT2D eigenvalue weighted by atomic mass is 9.60. The van der Waals surface area contributed by atoms with Gasteiger partial charge in [0.15, 0.2) is 0 Å². The fourth-order valence-corrected chi connectivity index (χ4v) is 14.5. The first-order chi connectivity index (χ1) is 36.0. The third kappa shape index (κ3) is 6.90. The van der Waals surface area contributed by atoms with E-state index in [1.807, 2.05) is 0 Å². The van der Waals surface area contributed by atoms with Crippen LogP contribution >= 0.6 is 0 Å². The van der Waals surface area contributed by atoms with Gasteiger partial charge in [-0.25, -0.2) is 0 Å². The number of rotatable bonds is 8. The molecule has 1 saturated carbocycles. The highest BCUT2D eigenvalue weighted by molar-refractivity contribution is 5.99. The van der Waals surface area contributed by atoms with E-state index in [0.717, 1.165) is 12.8 Å². The second-order valence-corrected chi connectivity index (χ2v) is 21.8. The Balaban J connectivity index is 1.02.